The monoisotopic (exact) mass is 206 g/mol. The molecule has 5 nitrogen and oxygen atoms in total. The molecule has 15 heavy (non-hydrogen) atoms. The fourth-order valence-electron chi connectivity index (χ4n) is 1.77. The molecule has 0 spiro atoms. The Morgan fingerprint density at radius 3 is 2.87 bits per heavy atom. The molecule has 0 bridgehead atoms. The van der Waals surface area contributed by atoms with E-state index in [-0.39, 0.29) is 6.61 Å². The third-order valence-corrected chi connectivity index (χ3v) is 2.53. The van der Waals surface area contributed by atoms with Crippen LogP contribution in [0.1, 0.15) is 23.3 Å². The van der Waals surface area contributed by atoms with Crippen molar-refractivity contribution in [3.05, 3.63) is 29.5 Å². The van der Waals surface area contributed by atoms with Gasteiger partial charge < -0.3 is 10.8 Å². The van der Waals surface area contributed by atoms with Crippen LogP contribution in [-0.4, -0.2) is 26.1 Å². The van der Waals surface area contributed by atoms with Gasteiger partial charge in [0.05, 0.1) is 18.3 Å². The minimum absolute atomic E-state index is 0.100. The molecule has 0 aliphatic carbocycles. The van der Waals surface area contributed by atoms with Crippen molar-refractivity contribution in [1.82, 2.24) is 14.4 Å². The summed E-state index contributed by atoms with van der Waals surface area (Å²) in [6, 6.07) is 1.40. The lowest BCUT2D eigenvalue weighted by atomic mass is 10.2. The Labute approximate surface area is 87.6 Å². The SMILES string of the molecule is Cc1nccc2nc(C(N)CO)c(C)n12. The van der Waals surface area contributed by atoms with Gasteiger partial charge in [-0.05, 0) is 19.9 Å². The third kappa shape index (κ3) is 1.49. The first-order valence-corrected chi connectivity index (χ1v) is 4.82. The van der Waals surface area contributed by atoms with Crippen LogP contribution in [-0.2, 0) is 0 Å². The van der Waals surface area contributed by atoms with Gasteiger partial charge in [-0.15, -0.1) is 0 Å². The molecule has 0 fully saturated rings. The summed E-state index contributed by atoms with van der Waals surface area (Å²) in [5.74, 6) is 0.869. The highest BCUT2D eigenvalue weighted by atomic mass is 16.3. The summed E-state index contributed by atoms with van der Waals surface area (Å²) >= 11 is 0. The second-order valence-corrected chi connectivity index (χ2v) is 3.56. The number of aliphatic hydroxyl groups excluding tert-OH is 1. The third-order valence-electron chi connectivity index (χ3n) is 2.53. The average molecular weight is 206 g/mol. The molecule has 2 heterocycles. The molecule has 1 unspecified atom stereocenters. The van der Waals surface area contributed by atoms with E-state index in [0.29, 0.717) is 0 Å². The van der Waals surface area contributed by atoms with E-state index in [1.165, 1.54) is 0 Å². The second-order valence-electron chi connectivity index (χ2n) is 3.56. The summed E-state index contributed by atoms with van der Waals surface area (Å²) in [7, 11) is 0. The zero-order valence-electron chi connectivity index (χ0n) is 8.81. The Hall–Kier alpha value is -1.46. The summed E-state index contributed by atoms with van der Waals surface area (Å²) < 4.78 is 1.94. The molecule has 3 N–H and O–H groups in total. The number of fused-ring (bicyclic) bond motifs is 1. The van der Waals surface area contributed by atoms with E-state index in [1.54, 1.807) is 6.20 Å². The van der Waals surface area contributed by atoms with E-state index in [4.69, 9.17) is 10.8 Å². The van der Waals surface area contributed by atoms with Gasteiger partial charge in [0.1, 0.15) is 11.5 Å². The summed E-state index contributed by atoms with van der Waals surface area (Å²) in [6.45, 7) is 3.74. The van der Waals surface area contributed by atoms with Gasteiger partial charge in [-0.3, -0.25) is 4.40 Å². The Morgan fingerprint density at radius 2 is 2.27 bits per heavy atom. The number of aromatic nitrogens is 3. The van der Waals surface area contributed by atoms with Gasteiger partial charge in [-0.25, -0.2) is 9.97 Å². The number of aryl methyl sites for hydroxylation is 2. The predicted molar refractivity (Wildman–Crippen MR) is 56.5 cm³/mol. The van der Waals surface area contributed by atoms with Gasteiger partial charge in [0.25, 0.3) is 0 Å². The van der Waals surface area contributed by atoms with Gasteiger partial charge in [0.2, 0.25) is 0 Å². The fourth-order valence-corrected chi connectivity index (χ4v) is 1.77. The van der Waals surface area contributed by atoms with E-state index in [0.717, 1.165) is 22.9 Å². The summed E-state index contributed by atoms with van der Waals surface area (Å²) in [6.07, 6.45) is 1.71. The Morgan fingerprint density at radius 1 is 1.53 bits per heavy atom. The van der Waals surface area contributed by atoms with Gasteiger partial charge >= 0.3 is 0 Å². The molecule has 0 aliphatic rings. The number of nitrogens with two attached hydrogens (primary N) is 1. The van der Waals surface area contributed by atoms with Crippen LogP contribution in [0.3, 0.4) is 0 Å². The van der Waals surface area contributed by atoms with Crippen molar-refractivity contribution in [1.29, 1.82) is 0 Å². The van der Waals surface area contributed by atoms with Crippen molar-refractivity contribution in [3.8, 4) is 0 Å². The summed E-state index contributed by atoms with van der Waals surface area (Å²) in [5, 5.41) is 9.02. The van der Waals surface area contributed by atoms with Crippen molar-refractivity contribution >= 4 is 5.65 Å². The second kappa shape index (κ2) is 3.60. The highest BCUT2D eigenvalue weighted by Crippen LogP contribution is 2.17. The summed E-state index contributed by atoms with van der Waals surface area (Å²) in [4.78, 5) is 8.57. The molecule has 0 saturated heterocycles. The molecule has 2 rings (SSSR count). The summed E-state index contributed by atoms with van der Waals surface area (Å²) in [5.41, 5.74) is 8.25. The van der Waals surface area contributed by atoms with Crippen LogP contribution in [0.5, 0.6) is 0 Å². The standard InChI is InChI=1S/C10H14N4O/c1-6-10(8(11)5-15)13-9-3-4-12-7(2)14(6)9/h3-4,8,15H,5,11H2,1-2H3. The van der Waals surface area contributed by atoms with E-state index < -0.39 is 6.04 Å². The molecular weight excluding hydrogens is 192 g/mol. The lowest BCUT2D eigenvalue weighted by molar-refractivity contribution is 0.266. The molecule has 0 saturated carbocycles. The molecule has 2 aromatic rings. The minimum Gasteiger partial charge on any atom is -0.394 e. The maximum atomic E-state index is 9.02. The average Bonchev–Trinajstić information content (AvgIpc) is 2.56. The predicted octanol–water partition coefficient (Wildman–Crippen LogP) is 0.338. The van der Waals surface area contributed by atoms with Crippen molar-refractivity contribution in [2.75, 3.05) is 6.61 Å². The van der Waals surface area contributed by atoms with Crippen molar-refractivity contribution in [2.24, 2.45) is 5.73 Å². The van der Waals surface area contributed by atoms with E-state index in [1.807, 2.05) is 24.3 Å². The Kier molecular flexibility index (Phi) is 2.42. The van der Waals surface area contributed by atoms with E-state index in [9.17, 15) is 0 Å². The van der Waals surface area contributed by atoms with Crippen LogP contribution >= 0.6 is 0 Å². The first-order chi connectivity index (χ1) is 7.15. The molecule has 0 aromatic carbocycles. The van der Waals surface area contributed by atoms with Gasteiger partial charge in [-0.2, -0.15) is 0 Å². The molecule has 2 aromatic heterocycles. The van der Waals surface area contributed by atoms with E-state index >= 15 is 0 Å². The highest BCUT2D eigenvalue weighted by molar-refractivity contribution is 5.43. The molecule has 0 radical (unpaired) electrons. The smallest absolute Gasteiger partial charge is 0.140 e. The zero-order chi connectivity index (χ0) is 11.0. The lowest BCUT2D eigenvalue weighted by Gasteiger charge is -2.05. The maximum absolute atomic E-state index is 9.02. The molecule has 80 valence electrons. The van der Waals surface area contributed by atoms with Gasteiger partial charge in [-0.1, -0.05) is 0 Å². The van der Waals surface area contributed by atoms with Gasteiger partial charge in [0.15, 0.2) is 0 Å². The van der Waals surface area contributed by atoms with Crippen LogP contribution in [0.15, 0.2) is 12.3 Å². The zero-order valence-corrected chi connectivity index (χ0v) is 8.81. The van der Waals surface area contributed by atoms with Crippen LogP contribution in [0.25, 0.3) is 5.65 Å². The van der Waals surface area contributed by atoms with Crippen LogP contribution in [0.2, 0.25) is 0 Å². The van der Waals surface area contributed by atoms with Crippen molar-refractivity contribution in [2.45, 2.75) is 19.9 Å². The molecule has 1 atom stereocenters. The molecule has 5 heteroatoms. The topological polar surface area (TPSA) is 76.4 Å². The lowest BCUT2D eigenvalue weighted by Crippen LogP contribution is -2.16. The maximum Gasteiger partial charge on any atom is 0.140 e. The Balaban J connectivity index is 2.70. The number of hydrogen-bond donors (Lipinski definition) is 2. The van der Waals surface area contributed by atoms with E-state index in [2.05, 4.69) is 9.97 Å². The number of aliphatic hydroxyl groups is 1. The first kappa shape index (κ1) is 10.1. The number of rotatable bonds is 2. The number of hydrogen-bond acceptors (Lipinski definition) is 4. The quantitative estimate of drug-likeness (QED) is 0.742. The first-order valence-electron chi connectivity index (χ1n) is 4.82. The molecular formula is C10H14N4O. The Bertz CT molecular complexity index is 491. The normalized spacial score (nSPS) is 13.3. The molecule has 0 amide bonds. The number of nitrogens with zero attached hydrogens (tertiary/aromatic N) is 3. The van der Waals surface area contributed by atoms with Crippen LogP contribution < -0.4 is 5.73 Å². The van der Waals surface area contributed by atoms with Crippen molar-refractivity contribution in [3.63, 3.8) is 0 Å². The number of imidazole rings is 1. The highest BCUT2D eigenvalue weighted by Gasteiger charge is 2.15. The van der Waals surface area contributed by atoms with Crippen LogP contribution in [0.4, 0.5) is 0 Å². The molecule has 0 aliphatic heterocycles. The fraction of sp³-hybridized carbons (Fsp3) is 0.400. The van der Waals surface area contributed by atoms with Crippen LogP contribution in [0, 0.1) is 13.8 Å². The van der Waals surface area contributed by atoms with Gasteiger partial charge in [0, 0.05) is 11.9 Å². The van der Waals surface area contributed by atoms with Crippen molar-refractivity contribution < 1.29 is 5.11 Å². The minimum atomic E-state index is -0.427. The largest absolute Gasteiger partial charge is 0.394 e.